The number of nitrogens with zero attached hydrogens (tertiary/aromatic N) is 1. The Hall–Kier alpha value is -1.94. The minimum absolute atomic E-state index is 0.309. The molecular formula is C14H14FNO2. The number of hydrogen-bond donors (Lipinski definition) is 1. The van der Waals surface area contributed by atoms with Crippen molar-refractivity contribution in [2.24, 2.45) is 0 Å². The second-order valence-electron chi connectivity index (χ2n) is 3.91. The molecule has 2 aromatic rings. The van der Waals surface area contributed by atoms with Crippen LogP contribution < -0.4 is 4.74 Å². The monoisotopic (exact) mass is 247 g/mol. The van der Waals surface area contributed by atoms with Gasteiger partial charge in [0.1, 0.15) is 11.6 Å². The Morgan fingerprint density at radius 1 is 1.22 bits per heavy atom. The third-order valence-electron chi connectivity index (χ3n) is 2.57. The molecule has 0 aliphatic heterocycles. The number of rotatable bonds is 4. The molecule has 2 rings (SSSR count). The van der Waals surface area contributed by atoms with E-state index in [9.17, 15) is 9.50 Å². The molecule has 0 aliphatic rings. The fraction of sp³-hybridized carbons (Fsp3) is 0.214. The Balaban J connectivity index is 2.08. The average Bonchev–Trinajstić information content (AvgIpc) is 2.41. The van der Waals surface area contributed by atoms with E-state index in [2.05, 4.69) is 4.98 Å². The number of hydrogen-bond acceptors (Lipinski definition) is 3. The molecule has 3 nitrogen and oxygen atoms in total. The first-order valence-corrected chi connectivity index (χ1v) is 5.76. The fourth-order valence-corrected chi connectivity index (χ4v) is 1.51. The summed E-state index contributed by atoms with van der Waals surface area (Å²) in [5.74, 6) is 0.623. The van der Waals surface area contributed by atoms with Gasteiger partial charge in [-0.05, 0) is 42.3 Å². The van der Waals surface area contributed by atoms with Crippen molar-refractivity contribution in [2.75, 3.05) is 0 Å². The van der Waals surface area contributed by atoms with Crippen LogP contribution in [-0.2, 0) is 0 Å². The van der Waals surface area contributed by atoms with Gasteiger partial charge in [-0.25, -0.2) is 9.37 Å². The van der Waals surface area contributed by atoms with Gasteiger partial charge in [-0.2, -0.15) is 0 Å². The van der Waals surface area contributed by atoms with Crippen LogP contribution in [0.15, 0.2) is 42.6 Å². The molecule has 4 heteroatoms. The molecule has 0 spiro atoms. The van der Waals surface area contributed by atoms with Crippen LogP contribution in [0.5, 0.6) is 11.6 Å². The SMILES string of the molecule is CC[C@H](O)c1ccc(Oc2ccc(F)cc2)nc1. The highest BCUT2D eigenvalue weighted by Gasteiger charge is 2.05. The highest BCUT2D eigenvalue weighted by Crippen LogP contribution is 2.22. The van der Waals surface area contributed by atoms with E-state index in [1.54, 1.807) is 18.3 Å². The van der Waals surface area contributed by atoms with Crippen LogP contribution in [0.25, 0.3) is 0 Å². The Morgan fingerprint density at radius 3 is 2.50 bits per heavy atom. The molecule has 1 aromatic carbocycles. The van der Waals surface area contributed by atoms with Crippen LogP contribution in [-0.4, -0.2) is 10.1 Å². The quantitative estimate of drug-likeness (QED) is 0.899. The van der Waals surface area contributed by atoms with Gasteiger partial charge in [0.15, 0.2) is 0 Å². The van der Waals surface area contributed by atoms with Gasteiger partial charge in [-0.3, -0.25) is 0 Å². The summed E-state index contributed by atoms with van der Waals surface area (Å²) in [7, 11) is 0. The van der Waals surface area contributed by atoms with Crippen molar-refractivity contribution in [1.82, 2.24) is 4.98 Å². The van der Waals surface area contributed by atoms with Crippen LogP contribution in [0.4, 0.5) is 4.39 Å². The molecule has 0 unspecified atom stereocenters. The highest BCUT2D eigenvalue weighted by atomic mass is 19.1. The Kier molecular flexibility index (Phi) is 3.89. The van der Waals surface area contributed by atoms with E-state index < -0.39 is 6.10 Å². The molecule has 94 valence electrons. The number of pyridine rings is 1. The van der Waals surface area contributed by atoms with Crippen molar-refractivity contribution in [3.05, 3.63) is 54.0 Å². The largest absolute Gasteiger partial charge is 0.439 e. The molecule has 1 N–H and O–H groups in total. The van der Waals surface area contributed by atoms with Crippen molar-refractivity contribution in [3.63, 3.8) is 0 Å². The highest BCUT2D eigenvalue weighted by molar-refractivity contribution is 5.28. The zero-order chi connectivity index (χ0) is 13.0. The third kappa shape index (κ3) is 3.05. The minimum Gasteiger partial charge on any atom is -0.439 e. The lowest BCUT2D eigenvalue weighted by Gasteiger charge is -2.09. The van der Waals surface area contributed by atoms with Crippen LogP contribution >= 0.6 is 0 Å². The van der Waals surface area contributed by atoms with E-state index in [1.807, 2.05) is 6.92 Å². The minimum atomic E-state index is -0.502. The molecule has 1 heterocycles. The molecular weight excluding hydrogens is 233 g/mol. The van der Waals surface area contributed by atoms with E-state index in [4.69, 9.17) is 4.74 Å². The van der Waals surface area contributed by atoms with Gasteiger partial charge in [0.05, 0.1) is 6.10 Å². The van der Waals surface area contributed by atoms with Crippen molar-refractivity contribution >= 4 is 0 Å². The summed E-state index contributed by atoms with van der Waals surface area (Å²) in [4.78, 5) is 4.09. The number of halogens is 1. The lowest BCUT2D eigenvalue weighted by atomic mass is 10.1. The van der Waals surface area contributed by atoms with Crippen molar-refractivity contribution in [1.29, 1.82) is 0 Å². The number of benzene rings is 1. The fourth-order valence-electron chi connectivity index (χ4n) is 1.51. The summed E-state index contributed by atoms with van der Waals surface area (Å²) in [6.07, 6.45) is 1.71. The van der Waals surface area contributed by atoms with Crippen LogP contribution in [0, 0.1) is 5.82 Å². The first-order valence-electron chi connectivity index (χ1n) is 5.76. The van der Waals surface area contributed by atoms with Crippen molar-refractivity contribution in [3.8, 4) is 11.6 Å². The number of aliphatic hydroxyl groups excluding tert-OH is 1. The van der Waals surface area contributed by atoms with Gasteiger partial charge in [0.2, 0.25) is 5.88 Å². The van der Waals surface area contributed by atoms with Crippen LogP contribution in [0.2, 0.25) is 0 Å². The summed E-state index contributed by atoms with van der Waals surface area (Å²) in [5, 5.41) is 9.62. The maximum absolute atomic E-state index is 12.7. The molecule has 18 heavy (non-hydrogen) atoms. The predicted octanol–water partition coefficient (Wildman–Crippen LogP) is 3.46. The van der Waals surface area contributed by atoms with Gasteiger partial charge in [0.25, 0.3) is 0 Å². The van der Waals surface area contributed by atoms with E-state index in [0.29, 0.717) is 18.1 Å². The first kappa shape index (κ1) is 12.5. The van der Waals surface area contributed by atoms with Gasteiger partial charge < -0.3 is 9.84 Å². The van der Waals surface area contributed by atoms with E-state index in [1.165, 1.54) is 24.3 Å². The van der Waals surface area contributed by atoms with Crippen LogP contribution in [0.1, 0.15) is 25.0 Å². The average molecular weight is 247 g/mol. The second kappa shape index (κ2) is 5.60. The summed E-state index contributed by atoms with van der Waals surface area (Å²) in [6.45, 7) is 1.90. The maximum atomic E-state index is 12.7. The van der Waals surface area contributed by atoms with Gasteiger partial charge >= 0.3 is 0 Å². The molecule has 1 atom stereocenters. The summed E-state index contributed by atoms with van der Waals surface area (Å²) < 4.78 is 18.1. The van der Waals surface area contributed by atoms with Crippen molar-refractivity contribution < 1.29 is 14.2 Å². The smallest absolute Gasteiger partial charge is 0.219 e. The second-order valence-corrected chi connectivity index (χ2v) is 3.91. The molecule has 0 saturated heterocycles. The molecule has 0 fully saturated rings. The summed E-state index contributed by atoms with van der Waals surface area (Å²) >= 11 is 0. The lowest BCUT2D eigenvalue weighted by Crippen LogP contribution is -1.96. The Morgan fingerprint density at radius 2 is 1.94 bits per heavy atom. The third-order valence-corrected chi connectivity index (χ3v) is 2.57. The Bertz CT molecular complexity index is 496. The molecule has 0 aliphatic carbocycles. The van der Waals surface area contributed by atoms with Crippen LogP contribution in [0.3, 0.4) is 0 Å². The predicted molar refractivity (Wildman–Crippen MR) is 66.0 cm³/mol. The van der Waals surface area contributed by atoms with Gasteiger partial charge in [-0.15, -0.1) is 0 Å². The number of aliphatic hydroxyl groups is 1. The molecule has 0 saturated carbocycles. The van der Waals surface area contributed by atoms with E-state index in [-0.39, 0.29) is 5.82 Å². The zero-order valence-electron chi connectivity index (χ0n) is 10.0. The van der Waals surface area contributed by atoms with Crippen molar-refractivity contribution in [2.45, 2.75) is 19.4 Å². The lowest BCUT2D eigenvalue weighted by molar-refractivity contribution is 0.173. The molecule has 1 aromatic heterocycles. The van der Waals surface area contributed by atoms with Gasteiger partial charge in [0, 0.05) is 12.3 Å². The first-order chi connectivity index (χ1) is 8.69. The normalized spacial score (nSPS) is 12.2. The van der Waals surface area contributed by atoms with Gasteiger partial charge in [-0.1, -0.05) is 6.92 Å². The topological polar surface area (TPSA) is 42.4 Å². The molecule has 0 radical (unpaired) electrons. The standard InChI is InChI=1S/C14H14FNO2/c1-2-13(17)10-3-8-14(16-9-10)18-12-6-4-11(15)5-7-12/h3-9,13,17H,2H2,1H3/t13-/m0/s1. The zero-order valence-corrected chi connectivity index (χ0v) is 10.0. The summed E-state index contributed by atoms with van der Waals surface area (Å²) in [5.41, 5.74) is 0.754. The molecule has 0 amide bonds. The Labute approximate surface area is 105 Å². The van der Waals surface area contributed by atoms with E-state index >= 15 is 0 Å². The number of aromatic nitrogens is 1. The van der Waals surface area contributed by atoms with E-state index in [0.717, 1.165) is 5.56 Å². The summed E-state index contributed by atoms with van der Waals surface area (Å²) in [6, 6.07) is 9.16. The molecule has 0 bridgehead atoms. The maximum Gasteiger partial charge on any atom is 0.219 e. The number of ether oxygens (including phenoxy) is 1.